The number of carbonyl (C=O) groups excluding carboxylic acids is 1. The van der Waals surface area contributed by atoms with Crippen LogP contribution in [0, 0.1) is 6.92 Å². The molecule has 2 heterocycles. The van der Waals surface area contributed by atoms with Gasteiger partial charge in [0, 0.05) is 31.9 Å². The molecular formula is C19H20BrN3O3. The number of para-hydroxylation sites is 1. The number of benzene rings is 1. The maximum Gasteiger partial charge on any atom is 0.289 e. The minimum atomic E-state index is -0.180. The first-order valence-electron chi connectivity index (χ1n) is 8.14. The van der Waals surface area contributed by atoms with E-state index in [0.717, 1.165) is 21.5 Å². The van der Waals surface area contributed by atoms with Crippen molar-refractivity contribution >= 4 is 21.8 Å². The molecule has 6 nitrogen and oxygen atoms in total. The molecule has 2 aromatic heterocycles. The molecular weight excluding hydrogens is 398 g/mol. The fourth-order valence-corrected chi connectivity index (χ4v) is 2.90. The summed E-state index contributed by atoms with van der Waals surface area (Å²) in [5, 5.41) is 4.20. The molecule has 3 rings (SSSR count). The second kappa shape index (κ2) is 7.78. The average molecular weight is 418 g/mol. The van der Waals surface area contributed by atoms with Crippen LogP contribution in [0.15, 0.2) is 51.5 Å². The molecule has 0 bridgehead atoms. The lowest BCUT2D eigenvalue weighted by Crippen LogP contribution is -2.26. The Hall–Kier alpha value is -2.54. The molecule has 0 saturated carbocycles. The summed E-state index contributed by atoms with van der Waals surface area (Å²) in [5.74, 6) is 1.43. The lowest BCUT2D eigenvalue weighted by atomic mass is 10.2. The van der Waals surface area contributed by atoms with Gasteiger partial charge in [0.15, 0.2) is 5.76 Å². The lowest BCUT2D eigenvalue weighted by molar-refractivity contribution is 0.0749. The van der Waals surface area contributed by atoms with Gasteiger partial charge in [-0.05, 0) is 47.1 Å². The standard InChI is InChI=1S/C19H20BrN3O3/c1-13-14(10-21-23(13)3)11-22(2)19(24)18-9-8-15(26-18)12-25-17-7-5-4-6-16(17)20/h4-10H,11-12H2,1-3H3. The van der Waals surface area contributed by atoms with Crippen LogP contribution in [0.5, 0.6) is 5.75 Å². The molecule has 0 saturated heterocycles. The molecule has 0 atom stereocenters. The van der Waals surface area contributed by atoms with Crippen LogP contribution in [0.2, 0.25) is 0 Å². The van der Waals surface area contributed by atoms with Gasteiger partial charge in [-0.25, -0.2) is 0 Å². The van der Waals surface area contributed by atoms with Crippen molar-refractivity contribution < 1.29 is 13.9 Å². The highest BCUT2D eigenvalue weighted by Crippen LogP contribution is 2.25. The molecule has 7 heteroatoms. The summed E-state index contributed by atoms with van der Waals surface area (Å²) in [4.78, 5) is 14.2. The largest absolute Gasteiger partial charge is 0.484 e. The van der Waals surface area contributed by atoms with E-state index in [9.17, 15) is 4.79 Å². The zero-order chi connectivity index (χ0) is 18.7. The van der Waals surface area contributed by atoms with E-state index in [-0.39, 0.29) is 12.5 Å². The van der Waals surface area contributed by atoms with Gasteiger partial charge in [-0.3, -0.25) is 9.48 Å². The second-order valence-electron chi connectivity index (χ2n) is 6.03. The van der Waals surface area contributed by atoms with E-state index < -0.39 is 0 Å². The van der Waals surface area contributed by atoms with Gasteiger partial charge in [0.05, 0.1) is 10.7 Å². The van der Waals surface area contributed by atoms with Crippen molar-refractivity contribution in [2.24, 2.45) is 7.05 Å². The number of aryl methyl sites for hydroxylation is 1. The van der Waals surface area contributed by atoms with Gasteiger partial charge < -0.3 is 14.1 Å². The summed E-state index contributed by atoms with van der Waals surface area (Å²) >= 11 is 3.43. The van der Waals surface area contributed by atoms with Crippen molar-refractivity contribution in [1.82, 2.24) is 14.7 Å². The average Bonchev–Trinajstić information content (AvgIpc) is 3.22. The summed E-state index contributed by atoms with van der Waals surface area (Å²) in [6, 6.07) is 11.0. The van der Waals surface area contributed by atoms with E-state index in [0.29, 0.717) is 18.1 Å². The zero-order valence-electron chi connectivity index (χ0n) is 14.9. The summed E-state index contributed by atoms with van der Waals surface area (Å²) in [6.07, 6.45) is 1.78. The fourth-order valence-electron chi connectivity index (χ4n) is 2.50. The van der Waals surface area contributed by atoms with Gasteiger partial charge in [-0.2, -0.15) is 5.10 Å². The molecule has 0 spiro atoms. The number of ether oxygens (including phenoxy) is 1. The van der Waals surface area contributed by atoms with Crippen molar-refractivity contribution in [3.8, 4) is 5.75 Å². The smallest absolute Gasteiger partial charge is 0.289 e. The van der Waals surface area contributed by atoms with Crippen LogP contribution in [0.3, 0.4) is 0 Å². The highest BCUT2D eigenvalue weighted by molar-refractivity contribution is 9.10. The Kier molecular flexibility index (Phi) is 5.46. The maximum atomic E-state index is 12.6. The Labute approximate surface area is 160 Å². The Morgan fingerprint density at radius 2 is 2.08 bits per heavy atom. The molecule has 0 aliphatic rings. The second-order valence-corrected chi connectivity index (χ2v) is 6.88. The molecule has 136 valence electrons. The van der Waals surface area contributed by atoms with Crippen LogP contribution in [0.4, 0.5) is 0 Å². The van der Waals surface area contributed by atoms with Crippen LogP contribution in [0.25, 0.3) is 0 Å². The number of rotatable bonds is 6. The minimum Gasteiger partial charge on any atom is -0.484 e. The normalized spacial score (nSPS) is 10.8. The first kappa shape index (κ1) is 18.3. The zero-order valence-corrected chi connectivity index (χ0v) is 16.5. The number of carbonyl (C=O) groups is 1. The van der Waals surface area contributed by atoms with E-state index in [2.05, 4.69) is 21.0 Å². The molecule has 1 amide bonds. The summed E-state index contributed by atoms with van der Waals surface area (Å²) < 4.78 is 14.0. The predicted octanol–water partition coefficient (Wildman–Crippen LogP) is 3.94. The Morgan fingerprint density at radius 3 is 2.77 bits per heavy atom. The quantitative estimate of drug-likeness (QED) is 0.609. The number of amides is 1. The number of aromatic nitrogens is 2. The summed E-state index contributed by atoms with van der Waals surface area (Å²) in [7, 11) is 3.62. The third-order valence-corrected chi connectivity index (χ3v) is 4.83. The van der Waals surface area contributed by atoms with E-state index in [4.69, 9.17) is 9.15 Å². The Morgan fingerprint density at radius 1 is 1.31 bits per heavy atom. The Bertz CT molecular complexity index is 916. The van der Waals surface area contributed by atoms with Crippen molar-refractivity contribution in [1.29, 1.82) is 0 Å². The minimum absolute atomic E-state index is 0.180. The van der Waals surface area contributed by atoms with Crippen LogP contribution >= 0.6 is 15.9 Å². The van der Waals surface area contributed by atoms with Gasteiger partial charge in [0.2, 0.25) is 0 Å². The third kappa shape index (κ3) is 3.99. The van der Waals surface area contributed by atoms with Crippen LogP contribution in [-0.4, -0.2) is 27.6 Å². The van der Waals surface area contributed by atoms with Gasteiger partial charge in [-0.15, -0.1) is 0 Å². The van der Waals surface area contributed by atoms with Crippen molar-refractivity contribution in [3.63, 3.8) is 0 Å². The van der Waals surface area contributed by atoms with Gasteiger partial charge in [0.25, 0.3) is 5.91 Å². The maximum absolute atomic E-state index is 12.6. The summed E-state index contributed by atoms with van der Waals surface area (Å²) in [5.41, 5.74) is 2.04. The first-order chi connectivity index (χ1) is 12.5. The van der Waals surface area contributed by atoms with Crippen molar-refractivity contribution in [2.75, 3.05) is 7.05 Å². The Balaban J connectivity index is 1.62. The fraction of sp³-hybridized carbons (Fsp3) is 0.263. The van der Waals surface area contributed by atoms with Gasteiger partial charge in [0.1, 0.15) is 18.1 Å². The van der Waals surface area contributed by atoms with Gasteiger partial charge >= 0.3 is 0 Å². The molecule has 1 aromatic carbocycles. The summed E-state index contributed by atoms with van der Waals surface area (Å²) in [6.45, 7) is 2.70. The number of nitrogens with zero attached hydrogens (tertiary/aromatic N) is 3. The van der Waals surface area contributed by atoms with Crippen LogP contribution in [0.1, 0.15) is 27.6 Å². The molecule has 0 aliphatic carbocycles. The monoisotopic (exact) mass is 417 g/mol. The van der Waals surface area contributed by atoms with Crippen LogP contribution < -0.4 is 4.74 Å². The number of halogens is 1. The van der Waals surface area contributed by atoms with Crippen molar-refractivity contribution in [3.05, 3.63) is 69.8 Å². The molecule has 0 fully saturated rings. The highest BCUT2D eigenvalue weighted by atomic mass is 79.9. The van der Waals surface area contributed by atoms with Gasteiger partial charge in [-0.1, -0.05) is 12.1 Å². The number of hydrogen-bond acceptors (Lipinski definition) is 4. The molecule has 0 radical (unpaired) electrons. The number of hydrogen-bond donors (Lipinski definition) is 0. The molecule has 0 aliphatic heterocycles. The highest BCUT2D eigenvalue weighted by Gasteiger charge is 2.18. The van der Waals surface area contributed by atoms with E-state index in [1.807, 2.05) is 38.2 Å². The molecule has 3 aromatic rings. The molecule has 0 unspecified atom stereocenters. The lowest BCUT2D eigenvalue weighted by Gasteiger charge is -2.15. The van der Waals surface area contributed by atoms with Crippen molar-refractivity contribution in [2.45, 2.75) is 20.1 Å². The van der Waals surface area contributed by atoms with Crippen LogP contribution in [-0.2, 0) is 20.2 Å². The topological polar surface area (TPSA) is 60.5 Å². The van der Waals surface area contributed by atoms with E-state index in [1.54, 1.807) is 35.0 Å². The molecule has 26 heavy (non-hydrogen) atoms. The van der Waals surface area contributed by atoms with E-state index in [1.165, 1.54) is 0 Å². The molecule has 0 N–H and O–H groups in total. The third-order valence-electron chi connectivity index (χ3n) is 4.17. The number of furan rings is 1. The first-order valence-corrected chi connectivity index (χ1v) is 8.94. The SMILES string of the molecule is Cc1c(CN(C)C(=O)c2ccc(COc3ccccc3Br)o2)cnn1C. The van der Waals surface area contributed by atoms with E-state index >= 15 is 0 Å². The predicted molar refractivity (Wildman–Crippen MR) is 101 cm³/mol.